The van der Waals surface area contributed by atoms with Crippen LogP contribution in [0, 0.1) is 0 Å². The van der Waals surface area contributed by atoms with E-state index in [4.69, 9.17) is 4.98 Å². The van der Waals surface area contributed by atoms with Crippen molar-refractivity contribution >= 4 is 17.1 Å². The van der Waals surface area contributed by atoms with Crippen LogP contribution in [0.1, 0.15) is 51.0 Å². The van der Waals surface area contributed by atoms with Crippen LogP contribution in [-0.2, 0) is 0 Å². The molecule has 2 aliphatic rings. The quantitative estimate of drug-likeness (QED) is 0.940. The van der Waals surface area contributed by atoms with Crippen LogP contribution < -0.4 is 5.43 Å². The molecule has 2 fully saturated rings. The fourth-order valence-corrected chi connectivity index (χ4v) is 3.48. The molecule has 6 nitrogen and oxygen atoms in total. The second-order valence-electron chi connectivity index (χ2n) is 6.15. The minimum atomic E-state index is 0.563. The molecule has 112 valence electrons. The maximum Gasteiger partial charge on any atom is 0.239 e. The van der Waals surface area contributed by atoms with E-state index in [0.717, 1.165) is 24.3 Å². The first kappa shape index (κ1) is 13.0. The SMILES string of the molecule is c1nc(NN2CCCCC2)nc2c1ncn2C1CCCC1. The zero-order valence-electron chi connectivity index (χ0n) is 12.3. The average molecular weight is 286 g/mol. The molecule has 2 aromatic rings. The third-order valence-corrected chi connectivity index (χ3v) is 4.65. The molecule has 1 saturated carbocycles. The Balaban J connectivity index is 1.59. The van der Waals surface area contributed by atoms with Gasteiger partial charge in [0, 0.05) is 19.1 Å². The van der Waals surface area contributed by atoms with E-state index >= 15 is 0 Å². The molecule has 0 aromatic carbocycles. The first-order valence-corrected chi connectivity index (χ1v) is 8.11. The summed E-state index contributed by atoms with van der Waals surface area (Å²) in [6.45, 7) is 2.15. The van der Waals surface area contributed by atoms with E-state index in [1.54, 1.807) is 0 Å². The Morgan fingerprint density at radius 3 is 2.62 bits per heavy atom. The van der Waals surface area contributed by atoms with Crippen molar-refractivity contribution in [2.75, 3.05) is 18.5 Å². The predicted molar refractivity (Wildman–Crippen MR) is 81.9 cm³/mol. The highest BCUT2D eigenvalue weighted by molar-refractivity contribution is 5.71. The van der Waals surface area contributed by atoms with Gasteiger partial charge in [-0.2, -0.15) is 4.98 Å². The van der Waals surface area contributed by atoms with E-state index < -0.39 is 0 Å². The van der Waals surface area contributed by atoms with Gasteiger partial charge in [0.15, 0.2) is 5.65 Å². The summed E-state index contributed by atoms with van der Waals surface area (Å²) in [5.74, 6) is 0.698. The monoisotopic (exact) mass is 286 g/mol. The summed E-state index contributed by atoms with van der Waals surface area (Å²) in [7, 11) is 0. The molecular weight excluding hydrogens is 264 g/mol. The predicted octanol–water partition coefficient (Wildman–Crippen LogP) is 2.75. The van der Waals surface area contributed by atoms with Crippen molar-refractivity contribution in [1.82, 2.24) is 24.5 Å². The van der Waals surface area contributed by atoms with Crippen LogP contribution in [0.5, 0.6) is 0 Å². The lowest BCUT2D eigenvalue weighted by Gasteiger charge is -2.26. The summed E-state index contributed by atoms with van der Waals surface area (Å²) < 4.78 is 2.24. The lowest BCUT2D eigenvalue weighted by Crippen LogP contribution is -2.35. The van der Waals surface area contributed by atoms with Gasteiger partial charge < -0.3 is 4.57 Å². The topological polar surface area (TPSA) is 58.9 Å². The fourth-order valence-electron chi connectivity index (χ4n) is 3.48. The van der Waals surface area contributed by atoms with Crippen molar-refractivity contribution in [3.8, 4) is 0 Å². The zero-order chi connectivity index (χ0) is 14.1. The summed E-state index contributed by atoms with van der Waals surface area (Å²) in [6.07, 6.45) is 12.7. The van der Waals surface area contributed by atoms with Gasteiger partial charge in [0.1, 0.15) is 5.52 Å². The fraction of sp³-hybridized carbons (Fsp3) is 0.667. The Hall–Kier alpha value is -1.69. The Morgan fingerprint density at radius 1 is 1.00 bits per heavy atom. The van der Waals surface area contributed by atoms with Crippen molar-refractivity contribution in [3.63, 3.8) is 0 Å². The summed E-state index contributed by atoms with van der Waals surface area (Å²) in [5.41, 5.74) is 5.21. The molecule has 6 heteroatoms. The first-order chi connectivity index (χ1) is 10.4. The average Bonchev–Trinajstić information content (AvgIpc) is 3.16. The number of hydrazine groups is 1. The van der Waals surface area contributed by atoms with Gasteiger partial charge in [-0.3, -0.25) is 5.43 Å². The number of fused-ring (bicyclic) bond motifs is 1. The Bertz CT molecular complexity index is 610. The highest BCUT2D eigenvalue weighted by atomic mass is 15.5. The van der Waals surface area contributed by atoms with E-state index in [2.05, 4.69) is 25.0 Å². The molecule has 0 amide bonds. The van der Waals surface area contributed by atoms with Gasteiger partial charge in [0.05, 0.1) is 12.5 Å². The van der Waals surface area contributed by atoms with Crippen LogP contribution in [0.25, 0.3) is 11.2 Å². The molecule has 0 unspecified atom stereocenters. The summed E-state index contributed by atoms with van der Waals surface area (Å²) in [6, 6.07) is 0.563. The maximum atomic E-state index is 4.71. The van der Waals surface area contributed by atoms with Crippen LogP contribution in [0.4, 0.5) is 5.95 Å². The van der Waals surface area contributed by atoms with Gasteiger partial charge in [-0.05, 0) is 25.7 Å². The number of imidazole rings is 1. The van der Waals surface area contributed by atoms with E-state index in [9.17, 15) is 0 Å². The van der Waals surface area contributed by atoms with Crippen LogP contribution in [0.3, 0.4) is 0 Å². The van der Waals surface area contributed by atoms with Crippen LogP contribution in [-0.4, -0.2) is 37.6 Å². The minimum Gasteiger partial charge on any atom is -0.312 e. The second-order valence-corrected chi connectivity index (χ2v) is 6.15. The molecule has 2 aromatic heterocycles. The lowest BCUT2D eigenvalue weighted by atomic mass is 10.2. The summed E-state index contributed by atoms with van der Waals surface area (Å²) in [5, 5.41) is 2.22. The number of hydrogen-bond donors (Lipinski definition) is 1. The highest BCUT2D eigenvalue weighted by Crippen LogP contribution is 2.31. The molecular formula is C15H22N6. The molecule has 0 radical (unpaired) electrons. The number of hydrogen-bond acceptors (Lipinski definition) is 5. The van der Waals surface area contributed by atoms with E-state index in [-0.39, 0.29) is 0 Å². The van der Waals surface area contributed by atoms with Crippen molar-refractivity contribution in [1.29, 1.82) is 0 Å². The van der Waals surface area contributed by atoms with Crippen LogP contribution in [0.2, 0.25) is 0 Å². The van der Waals surface area contributed by atoms with Gasteiger partial charge in [-0.25, -0.2) is 15.0 Å². The molecule has 1 aliphatic carbocycles. The number of nitrogens with zero attached hydrogens (tertiary/aromatic N) is 5. The van der Waals surface area contributed by atoms with Crippen molar-refractivity contribution < 1.29 is 0 Å². The molecule has 0 spiro atoms. The van der Waals surface area contributed by atoms with E-state index in [1.807, 2.05) is 12.5 Å². The van der Waals surface area contributed by atoms with Gasteiger partial charge >= 0.3 is 0 Å². The number of aromatic nitrogens is 4. The Morgan fingerprint density at radius 2 is 1.81 bits per heavy atom. The molecule has 1 saturated heterocycles. The Kier molecular flexibility index (Phi) is 3.47. The number of piperidine rings is 1. The summed E-state index contributed by atoms with van der Waals surface area (Å²) in [4.78, 5) is 13.6. The first-order valence-electron chi connectivity index (χ1n) is 8.11. The van der Waals surface area contributed by atoms with E-state index in [0.29, 0.717) is 12.0 Å². The maximum absolute atomic E-state index is 4.71. The van der Waals surface area contributed by atoms with Gasteiger partial charge in [0.25, 0.3) is 0 Å². The largest absolute Gasteiger partial charge is 0.312 e. The highest BCUT2D eigenvalue weighted by Gasteiger charge is 2.20. The molecule has 1 N–H and O–H groups in total. The molecule has 21 heavy (non-hydrogen) atoms. The van der Waals surface area contributed by atoms with Crippen molar-refractivity contribution in [2.45, 2.75) is 51.0 Å². The Labute approximate surface area is 124 Å². The van der Waals surface area contributed by atoms with Gasteiger partial charge in [-0.1, -0.05) is 19.3 Å². The summed E-state index contributed by atoms with van der Waals surface area (Å²) >= 11 is 0. The minimum absolute atomic E-state index is 0.563. The number of anilines is 1. The van der Waals surface area contributed by atoms with Crippen LogP contribution >= 0.6 is 0 Å². The van der Waals surface area contributed by atoms with Gasteiger partial charge in [-0.15, -0.1) is 0 Å². The number of nitrogens with one attached hydrogen (secondary N) is 1. The van der Waals surface area contributed by atoms with Crippen molar-refractivity contribution in [3.05, 3.63) is 12.5 Å². The normalized spacial score (nSPS) is 21.1. The molecule has 0 atom stereocenters. The molecule has 0 bridgehead atoms. The lowest BCUT2D eigenvalue weighted by molar-refractivity contribution is 0.271. The smallest absolute Gasteiger partial charge is 0.239 e. The van der Waals surface area contributed by atoms with Crippen LogP contribution in [0.15, 0.2) is 12.5 Å². The van der Waals surface area contributed by atoms with Gasteiger partial charge in [0.2, 0.25) is 5.95 Å². The molecule has 1 aliphatic heterocycles. The van der Waals surface area contributed by atoms with E-state index in [1.165, 1.54) is 44.9 Å². The zero-order valence-corrected chi connectivity index (χ0v) is 12.3. The molecule has 3 heterocycles. The van der Waals surface area contributed by atoms with Crippen molar-refractivity contribution in [2.24, 2.45) is 0 Å². The molecule has 4 rings (SSSR count). The second kappa shape index (κ2) is 5.60. The standard InChI is InChI=1S/C15H22N6/c1-4-8-20(9-5-1)19-15-16-10-13-14(18-15)21(11-17-13)12-6-2-3-7-12/h10-12H,1-9H2,(H,16,18,19). The third-order valence-electron chi connectivity index (χ3n) is 4.65. The number of rotatable bonds is 3. The third kappa shape index (κ3) is 2.60.